The largest absolute Gasteiger partial charge is 0.417 e. The van der Waals surface area contributed by atoms with E-state index in [-0.39, 0.29) is 17.0 Å². The summed E-state index contributed by atoms with van der Waals surface area (Å²) in [5, 5.41) is 0. The third-order valence-electron chi connectivity index (χ3n) is 1.74. The van der Waals surface area contributed by atoms with Gasteiger partial charge >= 0.3 is 6.18 Å². The summed E-state index contributed by atoms with van der Waals surface area (Å²) in [6.07, 6.45) is -3.74. The van der Waals surface area contributed by atoms with Crippen LogP contribution in [0, 0.1) is 6.92 Å². The van der Waals surface area contributed by atoms with E-state index in [9.17, 15) is 18.0 Å². The van der Waals surface area contributed by atoms with Crippen LogP contribution in [0.15, 0.2) is 12.3 Å². The molecule has 1 heterocycles. The smallest absolute Gasteiger partial charge is 0.293 e. The zero-order valence-corrected chi connectivity index (χ0v) is 7.64. The van der Waals surface area contributed by atoms with Gasteiger partial charge in [0.15, 0.2) is 5.78 Å². The van der Waals surface area contributed by atoms with Gasteiger partial charge in [0.05, 0.1) is 5.56 Å². The molecule has 0 saturated heterocycles. The maximum absolute atomic E-state index is 12.2. The Morgan fingerprint density at radius 3 is 2.36 bits per heavy atom. The van der Waals surface area contributed by atoms with Gasteiger partial charge in [-0.25, -0.2) is 0 Å². The van der Waals surface area contributed by atoms with Crippen molar-refractivity contribution < 1.29 is 18.0 Å². The van der Waals surface area contributed by atoms with Crippen molar-refractivity contribution in [2.75, 3.05) is 0 Å². The minimum atomic E-state index is -4.41. The van der Waals surface area contributed by atoms with Crippen LogP contribution in [0.2, 0.25) is 0 Å². The first-order valence-corrected chi connectivity index (χ1v) is 3.87. The number of aromatic nitrogens is 1. The lowest BCUT2D eigenvalue weighted by Crippen LogP contribution is -2.09. The van der Waals surface area contributed by atoms with Gasteiger partial charge in [0.1, 0.15) is 5.69 Å². The fraction of sp³-hybridized carbons (Fsp3) is 0.333. The highest BCUT2D eigenvalue weighted by Gasteiger charge is 2.31. The summed E-state index contributed by atoms with van der Waals surface area (Å²) in [6.45, 7) is 2.70. The molecule has 0 radical (unpaired) electrons. The van der Waals surface area contributed by atoms with Gasteiger partial charge in [-0.3, -0.25) is 9.78 Å². The average Bonchev–Trinajstić information content (AvgIpc) is 2.01. The minimum Gasteiger partial charge on any atom is -0.293 e. The maximum Gasteiger partial charge on any atom is 0.417 e. The first kappa shape index (κ1) is 10.7. The van der Waals surface area contributed by atoms with E-state index in [4.69, 9.17) is 0 Å². The molecule has 0 bridgehead atoms. The standard InChI is InChI=1S/C9H8F3NO/c1-5-3-7(9(10,11)12)4-13-8(5)6(2)14/h3-4H,1-2H3. The first-order chi connectivity index (χ1) is 6.32. The van der Waals surface area contributed by atoms with Gasteiger partial charge in [-0.1, -0.05) is 0 Å². The molecule has 0 amide bonds. The van der Waals surface area contributed by atoms with Crippen LogP contribution < -0.4 is 0 Å². The molecule has 76 valence electrons. The number of carbonyl (C=O) groups excluding carboxylic acids is 1. The van der Waals surface area contributed by atoms with Crippen LogP contribution in [-0.2, 0) is 6.18 Å². The molecule has 0 atom stereocenters. The SMILES string of the molecule is CC(=O)c1ncc(C(F)(F)F)cc1C. The molecule has 0 aliphatic carbocycles. The quantitative estimate of drug-likeness (QED) is 0.656. The van der Waals surface area contributed by atoms with Crippen molar-refractivity contribution in [2.24, 2.45) is 0 Å². The van der Waals surface area contributed by atoms with Crippen molar-refractivity contribution in [1.82, 2.24) is 4.98 Å². The third kappa shape index (κ3) is 2.10. The second-order valence-electron chi connectivity index (χ2n) is 2.94. The Kier molecular flexibility index (Phi) is 2.59. The third-order valence-corrected chi connectivity index (χ3v) is 1.74. The van der Waals surface area contributed by atoms with Crippen LogP contribution in [-0.4, -0.2) is 10.8 Å². The highest BCUT2D eigenvalue weighted by atomic mass is 19.4. The lowest BCUT2D eigenvalue weighted by Gasteiger charge is -2.08. The number of nitrogens with zero attached hydrogens (tertiary/aromatic N) is 1. The molecule has 0 N–H and O–H groups in total. The Labute approximate surface area is 78.8 Å². The molecular formula is C9H8F3NO. The van der Waals surface area contributed by atoms with E-state index in [1.165, 1.54) is 13.8 Å². The van der Waals surface area contributed by atoms with Gasteiger partial charge in [-0.2, -0.15) is 13.2 Å². The van der Waals surface area contributed by atoms with Gasteiger partial charge in [0, 0.05) is 13.1 Å². The van der Waals surface area contributed by atoms with Crippen LogP contribution in [0.1, 0.15) is 28.5 Å². The molecule has 1 aromatic heterocycles. The number of carbonyl (C=O) groups is 1. The Balaban J connectivity index is 3.20. The molecule has 0 aliphatic rings. The molecule has 0 unspecified atom stereocenters. The average molecular weight is 203 g/mol. The number of halogens is 3. The highest BCUT2D eigenvalue weighted by Crippen LogP contribution is 2.29. The van der Waals surface area contributed by atoms with Crippen LogP contribution in [0.5, 0.6) is 0 Å². The van der Waals surface area contributed by atoms with Gasteiger partial charge in [0.25, 0.3) is 0 Å². The summed E-state index contributed by atoms with van der Waals surface area (Å²) >= 11 is 0. The van der Waals surface area contributed by atoms with Gasteiger partial charge in [-0.15, -0.1) is 0 Å². The molecule has 1 aromatic rings. The normalized spacial score (nSPS) is 11.5. The Morgan fingerprint density at radius 1 is 1.43 bits per heavy atom. The second kappa shape index (κ2) is 3.40. The van der Waals surface area contributed by atoms with Crippen molar-refractivity contribution in [3.05, 3.63) is 29.1 Å². The van der Waals surface area contributed by atoms with Crippen molar-refractivity contribution in [1.29, 1.82) is 0 Å². The predicted octanol–water partition coefficient (Wildman–Crippen LogP) is 2.61. The highest BCUT2D eigenvalue weighted by molar-refractivity contribution is 5.93. The summed E-state index contributed by atoms with van der Waals surface area (Å²) in [5.41, 5.74) is -0.509. The predicted molar refractivity (Wildman–Crippen MR) is 44.0 cm³/mol. The summed E-state index contributed by atoms with van der Waals surface area (Å²) in [5.74, 6) is -0.337. The van der Waals surface area contributed by atoms with E-state index in [2.05, 4.69) is 4.98 Å². The van der Waals surface area contributed by atoms with Crippen LogP contribution in [0.4, 0.5) is 13.2 Å². The number of ketones is 1. The van der Waals surface area contributed by atoms with Crippen molar-refractivity contribution >= 4 is 5.78 Å². The molecule has 0 aliphatic heterocycles. The Hall–Kier alpha value is -1.39. The van der Waals surface area contributed by atoms with E-state index in [1.807, 2.05) is 0 Å². The maximum atomic E-state index is 12.2. The van der Waals surface area contributed by atoms with Crippen LogP contribution >= 0.6 is 0 Å². The van der Waals surface area contributed by atoms with E-state index >= 15 is 0 Å². The first-order valence-electron chi connectivity index (χ1n) is 3.87. The number of alkyl halides is 3. The number of aryl methyl sites for hydroxylation is 1. The summed E-state index contributed by atoms with van der Waals surface area (Å²) < 4.78 is 36.5. The molecule has 0 aromatic carbocycles. The Bertz CT molecular complexity index is 371. The summed E-state index contributed by atoms with van der Waals surface area (Å²) in [6, 6.07) is 0.920. The topological polar surface area (TPSA) is 30.0 Å². The van der Waals surface area contributed by atoms with Crippen molar-refractivity contribution in [3.63, 3.8) is 0 Å². The molecule has 1 rings (SSSR count). The zero-order chi connectivity index (χ0) is 10.9. The second-order valence-corrected chi connectivity index (χ2v) is 2.94. The monoisotopic (exact) mass is 203 g/mol. The number of rotatable bonds is 1. The number of hydrogen-bond acceptors (Lipinski definition) is 2. The molecule has 0 fully saturated rings. The number of hydrogen-bond donors (Lipinski definition) is 0. The minimum absolute atomic E-state index is 0.0815. The summed E-state index contributed by atoms with van der Waals surface area (Å²) in [4.78, 5) is 14.4. The molecular weight excluding hydrogens is 195 g/mol. The van der Waals surface area contributed by atoms with Crippen molar-refractivity contribution in [3.8, 4) is 0 Å². The van der Waals surface area contributed by atoms with E-state index < -0.39 is 11.7 Å². The van der Waals surface area contributed by atoms with Gasteiger partial charge in [0.2, 0.25) is 0 Å². The molecule has 0 spiro atoms. The molecule has 14 heavy (non-hydrogen) atoms. The van der Waals surface area contributed by atoms with E-state index in [1.54, 1.807) is 0 Å². The summed E-state index contributed by atoms with van der Waals surface area (Å²) in [7, 11) is 0. The van der Waals surface area contributed by atoms with Crippen molar-refractivity contribution in [2.45, 2.75) is 20.0 Å². The van der Waals surface area contributed by atoms with Gasteiger partial charge < -0.3 is 0 Å². The number of pyridine rings is 1. The van der Waals surface area contributed by atoms with E-state index in [0.29, 0.717) is 6.20 Å². The van der Waals surface area contributed by atoms with Crippen LogP contribution in [0.25, 0.3) is 0 Å². The zero-order valence-electron chi connectivity index (χ0n) is 7.64. The fourth-order valence-electron chi connectivity index (χ4n) is 1.10. The fourth-order valence-corrected chi connectivity index (χ4v) is 1.10. The van der Waals surface area contributed by atoms with Gasteiger partial charge in [-0.05, 0) is 18.6 Å². The lowest BCUT2D eigenvalue weighted by atomic mass is 10.1. The number of Topliss-reactive ketones (excluding diaryl/α,β-unsaturated/α-hetero) is 1. The van der Waals surface area contributed by atoms with Crippen LogP contribution in [0.3, 0.4) is 0 Å². The Morgan fingerprint density at radius 2 is 2.00 bits per heavy atom. The molecule has 2 nitrogen and oxygen atoms in total. The molecule has 0 saturated carbocycles. The van der Waals surface area contributed by atoms with E-state index in [0.717, 1.165) is 6.07 Å². The molecule has 5 heteroatoms. The lowest BCUT2D eigenvalue weighted by molar-refractivity contribution is -0.137.